The van der Waals surface area contributed by atoms with Crippen molar-refractivity contribution in [2.75, 3.05) is 26.2 Å². The van der Waals surface area contributed by atoms with Crippen molar-refractivity contribution >= 4 is 15.9 Å². The van der Waals surface area contributed by atoms with Crippen LogP contribution in [0, 0.1) is 0 Å². The van der Waals surface area contributed by atoms with Crippen LogP contribution >= 0.6 is 0 Å². The van der Waals surface area contributed by atoms with Gasteiger partial charge >= 0.3 is 0 Å². The molecule has 1 N–H and O–H groups in total. The van der Waals surface area contributed by atoms with E-state index in [0.29, 0.717) is 43.0 Å². The topological polar surface area (TPSA) is 69.7 Å². The maximum Gasteiger partial charge on any atom is 0.243 e. The Hall–Kier alpha value is -1.44. The van der Waals surface area contributed by atoms with Gasteiger partial charge in [-0.15, -0.1) is 0 Å². The van der Waals surface area contributed by atoms with Crippen molar-refractivity contribution in [1.82, 2.24) is 14.5 Å². The summed E-state index contributed by atoms with van der Waals surface area (Å²) < 4.78 is 27.6. The molecule has 29 heavy (non-hydrogen) atoms. The predicted octanol–water partition coefficient (Wildman–Crippen LogP) is 2.95. The van der Waals surface area contributed by atoms with E-state index < -0.39 is 10.0 Å². The molecule has 1 saturated carbocycles. The average molecular weight is 422 g/mol. The zero-order valence-electron chi connectivity index (χ0n) is 17.9. The van der Waals surface area contributed by atoms with Crippen molar-refractivity contribution in [1.29, 1.82) is 0 Å². The summed E-state index contributed by atoms with van der Waals surface area (Å²) in [6.45, 7) is 8.17. The maximum atomic E-state index is 13.0. The minimum atomic E-state index is -3.49. The van der Waals surface area contributed by atoms with Gasteiger partial charge in [0.05, 0.1) is 10.9 Å². The molecule has 0 bridgehead atoms. The van der Waals surface area contributed by atoms with Crippen LogP contribution in [0.15, 0.2) is 29.2 Å². The number of sulfonamides is 1. The largest absolute Gasteiger partial charge is 0.352 e. The number of hydrogen-bond acceptors (Lipinski definition) is 4. The summed E-state index contributed by atoms with van der Waals surface area (Å²) in [5, 5.41) is 3.15. The van der Waals surface area contributed by atoms with E-state index >= 15 is 0 Å². The van der Waals surface area contributed by atoms with Gasteiger partial charge in [0, 0.05) is 32.2 Å². The van der Waals surface area contributed by atoms with E-state index in [2.05, 4.69) is 24.1 Å². The van der Waals surface area contributed by atoms with Gasteiger partial charge in [0.25, 0.3) is 0 Å². The second-order valence-electron chi connectivity index (χ2n) is 8.48. The van der Waals surface area contributed by atoms with Crippen molar-refractivity contribution < 1.29 is 13.2 Å². The first kappa shape index (κ1) is 22.2. The van der Waals surface area contributed by atoms with Crippen LogP contribution < -0.4 is 5.32 Å². The van der Waals surface area contributed by atoms with Crippen LogP contribution in [0.1, 0.15) is 64.4 Å². The fourth-order valence-corrected chi connectivity index (χ4v) is 5.66. The molecule has 1 amide bonds. The molecular formula is C22H35N3O3S. The lowest BCUT2D eigenvalue weighted by molar-refractivity contribution is -0.127. The van der Waals surface area contributed by atoms with Crippen LogP contribution in [-0.4, -0.2) is 61.8 Å². The lowest BCUT2D eigenvalue weighted by Crippen LogP contribution is -2.55. The molecule has 0 radical (unpaired) electrons. The molecule has 3 rings (SSSR count). The lowest BCUT2D eigenvalue weighted by Gasteiger charge is -2.37. The Morgan fingerprint density at radius 2 is 1.66 bits per heavy atom. The number of nitrogens with one attached hydrogen (secondary N) is 1. The van der Waals surface area contributed by atoms with Gasteiger partial charge in [-0.3, -0.25) is 9.69 Å². The van der Waals surface area contributed by atoms with Crippen LogP contribution in [0.5, 0.6) is 0 Å². The number of amides is 1. The highest BCUT2D eigenvalue weighted by Gasteiger charge is 2.32. The highest BCUT2D eigenvalue weighted by Crippen LogP contribution is 2.23. The first-order valence-electron chi connectivity index (χ1n) is 11.0. The Balaban J connectivity index is 1.56. The van der Waals surface area contributed by atoms with Gasteiger partial charge < -0.3 is 5.32 Å². The van der Waals surface area contributed by atoms with Crippen molar-refractivity contribution in [2.45, 2.75) is 75.8 Å². The zero-order valence-corrected chi connectivity index (χ0v) is 18.7. The summed E-state index contributed by atoms with van der Waals surface area (Å²) >= 11 is 0. The van der Waals surface area contributed by atoms with Gasteiger partial charge in [-0.1, -0.05) is 38.8 Å². The highest BCUT2D eigenvalue weighted by molar-refractivity contribution is 7.89. The SMILES string of the molecule is CC[C@H](C)c1ccc(S(=O)(=O)N2CCN([C@H](C)C(=O)NC3CCCC3)CC2)cc1. The molecule has 2 atom stereocenters. The average Bonchev–Trinajstić information content (AvgIpc) is 3.25. The van der Waals surface area contributed by atoms with Gasteiger partial charge in [-0.25, -0.2) is 8.42 Å². The number of piperazine rings is 1. The number of carbonyl (C=O) groups is 1. The normalized spacial score (nSPS) is 21.8. The lowest BCUT2D eigenvalue weighted by atomic mass is 9.99. The molecule has 2 aliphatic rings. The third-order valence-electron chi connectivity index (χ3n) is 6.60. The molecule has 162 valence electrons. The summed E-state index contributed by atoms with van der Waals surface area (Å²) in [6.07, 6.45) is 5.55. The second kappa shape index (κ2) is 9.58. The molecule has 1 aliphatic carbocycles. The van der Waals surface area contributed by atoms with E-state index in [-0.39, 0.29) is 11.9 Å². The third-order valence-corrected chi connectivity index (χ3v) is 8.51. The molecule has 1 aromatic rings. The molecule has 1 saturated heterocycles. The van der Waals surface area contributed by atoms with E-state index in [1.807, 2.05) is 19.1 Å². The van der Waals surface area contributed by atoms with Crippen molar-refractivity contribution in [3.8, 4) is 0 Å². The second-order valence-corrected chi connectivity index (χ2v) is 10.4. The van der Waals surface area contributed by atoms with Gasteiger partial charge in [0.2, 0.25) is 15.9 Å². The third kappa shape index (κ3) is 5.19. The standard InChI is InChI=1S/C22H35N3O3S/c1-4-17(2)19-9-11-21(12-10-19)29(27,28)25-15-13-24(14-16-25)18(3)22(26)23-20-7-5-6-8-20/h9-12,17-18,20H,4-8,13-16H2,1-3H3,(H,23,26)/t17-,18+/m0/s1. The Bertz CT molecular complexity index is 780. The van der Waals surface area contributed by atoms with Crippen molar-refractivity contribution in [3.63, 3.8) is 0 Å². The van der Waals surface area contributed by atoms with Crippen LogP contribution in [0.25, 0.3) is 0 Å². The number of rotatable bonds is 7. The van der Waals surface area contributed by atoms with Gasteiger partial charge in [-0.2, -0.15) is 4.31 Å². The Morgan fingerprint density at radius 1 is 1.07 bits per heavy atom. The minimum Gasteiger partial charge on any atom is -0.352 e. The highest BCUT2D eigenvalue weighted by atomic mass is 32.2. The fraction of sp³-hybridized carbons (Fsp3) is 0.682. The number of carbonyl (C=O) groups excluding carboxylic acids is 1. The predicted molar refractivity (Wildman–Crippen MR) is 115 cm³/mol. The summed E-state index contributed by atoms with van der Waals surface area (Å²) in [6, 6.07) is 7.38. The summed E-state index contributed by atoms with van der Waals surface area (Å²) in [7, 11) is -3.49. The van der Waals surface area contributed by atoms with Crippen LogP contribution in [0.2, 0.25) is 0 Å². The quantitative estimate of drug-likeness (QED) is 0.735. The molecule has 0 unspecified atom stereocenters. The molecular weight excluding hydrogens is 386 g/mol. The minimum absolute atomic E-state index is 0.0637. The molecule has 1 aliphatic heterocycles. The summed E-state index contributed by atoms with van der Waals surface area (Å²) in [5.74, 6) is 0.487. The Kier molecular flexibility index (Phi) is 7.35. The van der Waals surface area contributed by atoms with Gasteiger partial charge in [0.15, 0.2) is 0 Å². The Labute approximate surface area is 175 Å². The maximum absolute atomic E-state index is 13.0. The molecule has 6 nitrogen and oxygen atoms in total. The zero-order chi connectivity index (χ0) is 21.0. The molecule has 7 heteroatoms. The van der Waals surface area contributed by atoms with Gasteiger partial charge in [-0.05, 0) is 49.8 Å². The van der Waals surface area contributed by atoms with E-state index in [1.165, 1.54) is 18.4 Å². The summed E-state index contributed by atoms with van der Waals surface area (Å²) in [5.41, 5.74) is 1.17. The van der Waals surface area contributed by atoms with Crippen molar-refractivity contribution in [3.05, 3.63) is 29.8 Å². The molecule has 1 heterocycles. The van der Waals surface area contributed by atoms with E-state index in [9.17, 15) is 13.2 Å². The number of benzene rings is 1. The number of nitrogens with zero attached hydrogens (tertiary/aromatic N) is 2. The molecule has 1 aromatic carbocycles. The monoisotopic (exact) mass is 421 g/mol. The molecule has 2 fully saturated rings. The van der Waals surface area contributed by atoms with E-state index in [1.54, 1.807) is 16.4 Å². The number of hydrogen-bond donors (Lipinski definition) is 1. The first-order valence-corrected chi connectivity index (χ1v) is 12.4. The first-order chi connectivity index (χ1) is 13.8. The van der Waals surface area contributed by atoms with E-state index in [4.69, 9.17) is 0 Å². The van der Waals surface area contributed by atoms with E-state index in [0.717, 1.165) is 19.3 Å². The fourth-order valence-electron chi connectivity index (χ4n) is 4.24. The van der Waals surface area contributed by atoms with Crippen LogP contribution in [0.4, 0.5) is 0 Å². The summed E-state index contributed by atoms with van der Waals surface area (Å²) in [4.78, 5) is 15.0. The molecule has 0 aromatic heterocycles. The Morgan fingerprint density at radius 3 is 2.21 bits per heavy atom. The van der Waals surface area contributed by atoms with Gasteiger partial charge in [0.1, 0.15) is 0 Å². The van der Waals surface area contributed by atoms with Crippen molar-refractivity contribution in [2.24, 2.45) is 0 Å². The molecule has 0 spiro atoms. The van der Waals surface area contributed by atoms with Crippen LogP contribution in [-0.2, 0) is 14.8 Å². The van der Waals surface area contributed by atoms with Crippen LogP contribution in [0.3, 0.4) is 0 Å². The smallest absolute Gasteiger partial charge is 0.243 e.